The van der Waals surface area contributed by atoms with Gasteiger partial charge in [-0.1, -0.05) is 0 Å². The molecule has 2 rings (SSSR count). The topological polar surface area (TPSA) is 75.7 Å². The van der Waals surface area contributed by atoms with Crippen molar-refractivity contribution in [3.63, 3.8) is 0 Å². The van der Waals surface area contributed by atoms with Gasteiger partial charge in [-0.15, -0.1) is 0 Å². The Bertz CT molecular complexity index is 384. The van der Waals surface area contributed by atoms with Gasteiger partial charge in [-0.2, -0.15) is 0 Å². The van der Waals surface area contributed by atoms with E-state index >= 15 is 0 Å². The normalized spacial score (nSPS) is 26.6. The Morgan fingerprint density at radius 2 is 2.17 bits per heavy atom. The first-order valence-electron chi connectivity index (χ1n) is 6.16. The minimum Gasteiger partial charge on any atom is -0.378 e. The van der Waals surface area contributed by atoms with E-state index in [9.17, 15) is 14.4 Å². The summed E-state index contributed by atoms with van der Waals surface area (Å²) in [7, 11) is 1.60. The fourth-order valence-corrected chi connectivity index (χ4v) is 2.42. The Morgan fingerprint density at radius 3 is 2.67 bits per heavy atom. The van der Waals surface area contributed by atoms with E-state index in [0.717, 1.165) is 19.3 Å². The van der Waals surface area contributed by atoms with Crippen molar-refractivity contribution in [1.29, 1.82) is 0 Å². The third-order valence-electron chi connectivity index (χ3n) is 3.92. The molecule has 3 amide bonds. The van der Waals surface area contributed by atoms with E-state index in [4.69, 9.17) is 4.74 Å². The molecule has 6 nitrogen and oxygen atoms in total. The van der Waals surface area contributed by atoms with Crippen LogP contribution >= 0.6 is 0 Å². The second-order valence-corrected chi connectivity index (χ2v) is 5.03. The lowest BCUT2D eigenvalue weighted by Crippen LogP contribution is -2.59. The van der Waals surface area contributed by atoms with Crippen LogP contribution < -0.4 is 5.32 Å². The third kappa shape index (κ3) is 2.25. The second kappa shape index (κ2) is 4.68. The number of carbonyl (C=O) groups is 3. The number of methoxy groups -OCH3 is 1. The van der Waals surface area contributed by atoms with E-state index in [0.29, 0.717) is 0 Å². The smallest absolute Gasteiger partial charge is 0.249 e. The highest BCUT2D eigenvalue weighted by Crippen LogP contribution is 2.38. The van der Waals surface area contributed by atoms with Crippen LogP contribution in [0.25, 0.3) is 0 Å². The molecule has 0 bridgehead atoms. The van der Waals surface area contributed by atoms with E-state index in [2.05, 4.69) is 5.32 Å². The van der Waals surface area contributed by atoms with Crippen LogP contribution in [0, 0.1) is 0 Å². The number of amides is 3. The lowest BCUT2D eigenvalue weighted by Gasteiger charge is -2.42. The van der Waals surface area contributed by atoms with Crippen molar-refractivity contribution >= 4 is 17.7 Å². The molecule has 6 heteroatoms. The quantitative estimate of drug-likeness (QED) is 0.709. The molecule has 2 aliphatic rings. The summed E-state index contributed by atoms with van der Waals surface area (Å²) in [5, 5.41) is 2.22. The van der Waals surface area contributed by atoms with Crippen LogP contribution in [0.2, 0.25) is 0 Å². The van der Waals surface area contributed by atoms with Crippen LogP contribution in [0.3, 0.4) is 0 Å². The summed E-state index contributed by atoms with van der Waals surface area (Å²) in [6.45, 7) is 1.57. The molecule has 1 atom stereocenters. The molecular formula is C12H18N2O4. The number of ether oxygens (including phenoxy) is 1. The number of hydrogen-bond acceptors (Lipinski definition) is 4. The average Bonchev–Trinajstić information content (AvgIpc) is 2.28. The number of hydrogen-bond donors (Lipinski definition) is 1. The molecule has 100 valence electrons. The zero-order chi connectivity index (χ0) is 13.3. The summed E-state index contributed by atoms with van der Waals surface area (Å²) in [5.74, 6) is -1.03. The van der Waals surface area contributed by atoms with E-state index in [1.165, 1.54) is 4.90 Å². The molecule has 0 radical (unpaired) electrons. The lowest BCUT2D eigenvalue weighted by molar-refractivity contribution is -0.156. The molecule has 1 unspecified atom stereocenters. The second-order valence-electron chi connectivity index (χ2n) is 5.03. The molecule has 1 heterocycles. The number of rotatable bonds is 3. The van der Waals surface area contributed by atoms with Gasteiger partial charge in [-0.3, -0.25) is 19.7 Å². The van der Waals surface area contributed by atoms with Gasteiger partial charge in [0.2, 0.25) is 17.7 Å². The highest BCUT2D eigenvalue weighted by molar-refractivity contribution is 6.04. The average molecular weight is 254 g/mol. The Kier molecular flexibility index (Phi) is 3.38. The molecule has 0 aromatic heterocycles. The van der Waals surface area contributed by atoms with Gasteiger partial charge in [0.15, 0.2) is 0 Å². The van der Waals surface area contributed by atoms with Gasteiger partial charge in [0.1, 0.15) is 12.6 Å². The predicted molar refractivity (Wildman–Crippen MR) is 62.5 cm³/mol. The minimum absolute atomic E-state index is 0.0501. The monoisotopic (exact) mass is 254 g/mol. The first-order valence-corrected chi connectivity index (χ1v) is 6.16. The highest BCUT2D eigenvalue weighted by Gasteiger charge is 2.42. The van der Waals surface area contributed by atoms with Gasteiger partial charge in [0.05, 0.1) is 12.0 Å². The fourth-order valence-electron chi connectivity index (χ4n) is 2.42. The molecular weight excluding hydrogens is 236 g/mol. The molecule has 2 fully saturated rings. The number of carbonyl (C=O) groups excluding carboxylic acids is 3. The summed E-state index contributed by atoms with van der Waals surface area (Å²) in [5.41, 5.74) is -0.381. The van der Waals surface area contributed by atoms with Crippen LogP contribution in [0.1, 0.15) is 32.6 Å². The summed E-state index contributed by atoms with van der Waals surface area (Å²) >= 11 is 0. The SMILES string of the molecule is COC1(CC(=O)N2CC(=O)NC(=O)C2C)CCC1. The predicted octanol–water partition coefficient (Wildman–Crippen LogP) is -0.181. The van der Waals surface area contributed by atoms with Crippen molar-refractivity contribution in [2.75, 3.05) is 13.7 Å². The molecule has 1 aliphatic heterocycles. The molecule has 0 aromatic carbocycles. The van der Waals surface area contributed by atoms with Gasteiger partial charge < -0.3 is 9.64 Å². The zero-order valence-electron chi connectivity index (χ0n) is 10.7. The summed E-state index contributed by atoms with van der Waals surface area (Å²) in [6.07, 6.45) is 3.01. The van der Waals surface area contributed by atoms with E-state index in [1.54, 1.807) is 14.0 Å². The standard InChI is InChI=1S/C12H18N2O4/c1-8-11(17)13-9(15)7-14(8)10(16)6-12(18-2)4-3-5-12/h8H,3-7H2,1-2H3,(H,13,15,17). The van der Waals surface area contributed by atoms with Gasteiger partial charge in [0, 0.05) is 7.11 Å². The van der Waals surface area contributed by atoms with Crippen molar-refractivity contribution in [2.45, 2.75) is 44.2 Å². The maximum absolute atomic E-state index is 12.2. The van der Waals surface area contributed by atoms with Crippen molar-refractivity contribution in [1.82, 2.24) is 10.2 Å². The molecule has 1 N–H and O–H groups in total. The number of nitrogens with one attached hydrogen (secondary N) is 1. The Hall–Kier alpha value is -1.43. The molecule has 18 heavy (non-hydrogen) atoms. The molecule has 0 aromatic rings. The van der Waals surface area contributed by atoms with E-state index < -0.39 is 17.9 Å². The molecule has 0 spiro atoms. The van der Waals surface area contributed by atoms with Crippen LogP contribution in [0.5, 0.6) is 0 Å². The summed E-state index contributed by atoms with van der Waals surface area (Å²) in [6, 6.07) is -0.593. The molecule has 1 aliphatic carbocycles. The number of imide groups is 1. The van der Waals surface area contributed by atoms with E-state index in [-0.39, 0.29) is 24.5 Å². The minimum atomic E-state index is -0.593. The summed E-state index contributed by atoms with van der Waals surface area (Å²) in [4.78, 5) is 36.3. The van der Waals surface area contributed by atoms with Crippen molar-refractivity contribution in [3.8, 4) is 0 Å². The lowest BCUT2D eigenvalue weighted by atomic mass is 9.77. The third-order valence-corrected chi connectivity index (χ3v) is 3.92. The van der Waals surface area contributed by atoms with E-state index in [1.807, 2.05) is 0 Å². The van der Waals surface area contributed by atoms with Crippen molar-refractivity contribution in [2.24, 2.45) is 0 Å². The Labute approximate surface area is 106 Å². The van der Waals surface area contributed by atoms with Crippen LogP contribution in [0.4, 0.5) is 0 Å². The molecule has 1 saturated heterocycles. The maximum atomic E-state index is 12.2. The van der Waals surface area contributed by atoms with Crippen LogP contribution in [0.15, 0.2) is 0 Å². The first kappa shape index (κ1) is 13.0. The van der Waals surface area contributed by atoms with Gasteiger partial charge >= 0.3 is 0 Å². The zero-order valence-corrected chi connectivity index (χ0v) is 10.7. The number of piperazine rings is 1. The Balaban J connectivity index is 2.03. The van der Waals surface area contributed by atoms with Crippen molar-refractivity contribution in [3.05, 3.63) is 0 Å². The van der Waals surface area contributed by atoms with Gasteiger partial charge in [-0.05, 0) is 26.2 Å². The van der Waals surface area contributed by atoms with Gasteiger partial charge in [0.25, 0.3) is 0 Å². The highest BCUT2D eigenvalue weighted by atomic mass is 16.5. The summed E-state index contributed by atoms with van der Waals surface area (Å²) < 4.78 is 5.39. The fraction of sp³-hybridized carbons (Fsp3) is 0.750. The number of nitrogens with zero attached hydrogens (tertiary/aromatic N) is 1. The Morgan fingerprint density at radius 1 is 1.50 bits per heavy atom. The van der Waals surface area contributed by atoms with Crippen molar-refractivity contribution < 1.29 is 19.1 Å². The van der Waals surface area contributed by atoms with Crippen LogP contribution in [-0.4, -0.2) is 47.9 Å². The first-order chi connectivity index (χ1) is 8.47. The molecule has 1 saturated carbocycles. The van der Waals surface area contributed by atoms with Gasteiger partial charge in [-0.25, -0.2) is 0 Å². The van der Waals surface area contributed by atoms with Crippen LogP contribution in [-0.2, 0) is 19.1 Å². The maximum Gasteiger partial charge on any atom is 0.249 e. The largest absolute Gasteiger partial charge is 0.378 e.